The van der Waals surface area contributed by atoms with Crippen molar-refractivity contribution in [2.75, 3.05) is 0 Å². The van der Waals surface area contributed by atoms with E-state index in [4.69, 9.17) is 9.97 Å². The molecule has 0 aliphatic carbocycles. The van der Waals surface area contributed by atoms with Gasteiger partial charge < -0.3 is 9.13 Å². The van der Waals surface area contributed by atoms with Crippen LogP contribution in [-0.2, 0) is 0 Å². The van der Waals surface area contributed by atoms with Gasteiger partial charge in [0.25, 0.3) is 0 Å². The largest absolute Gasteiger partial charge is 0.309 e. The van der Waals surface area contributed by atoms with Crippen LogP contribution in [0.15, 0.2) is 218 Å². The number of benzene rings is 9. The van der Waals surface area contributed by atoms with Gasteiger partial charge in [-0.05, 0) is 88.6 Å². The molecule has 0 aliphatic rings. The molecule has 0 bridgehead atoms. The summed E-state index contributed by atoms with van der Waals surface area (Å²) < 4.78 is 4.77. The second-order valence-corrected chi connectivity index (χ2v) is 15.4. The molecule has 9 aromatic carbocycles. The first-order chi connectivity index (χ1) is 29.7. The summed E-state index contributed by atoms with van der Waals surface area (Å²) in [5, 5.41) is 7.14. The summed E-state index contributed by atoms with van der Waals surface area (Å²) in [6, 6.07) is 78.0. The summed E-state index contributed by atoms with van der Waals surface area (Å²) in [7, 11) is 0. The van der Waals surface area contributed by atoms with Crippen LogP contribution in [0.5, 0.6) is 0 Å². The first kappa shape index (κ1) is 34.0. The molecule has 0 radical (unpaired) electrons. The summed E-state index contributed by atoms with van der Waals surface area (Å²) in [6.07, 6.45) is 0. The number of rotatable bonds is 6. The number of aromatic nitrogens is 4. The van der Waals surface area contributed by atoms with Gasteiger partial charge in [-0.15, -0.1) is 0 Å². The molecule has 0 N–H and O–H groups in total. The van der Waals surface area contributed by atoms with Gasteiger partial charge in [0.1, 0.15) is 0 Å². The Balaban J connectivity index is 1.05. The van der Waals surface area contributed by atoms with Crippen molar-refractivity contribution in [3.8, 4) is 56.4 Å². The molecule has 0 atom stereocenters. The zero-order valence-corrected chi connectivity index (χ0v) is 32.6. The van der Waals surface area contributed by atoms with Gasteiger partial charge in [0, 0.05) is 49.6 Å². The maximum atomic E-state index is 5.28. The third kappa shape index (κ3) is 5.53. The van der Waals surface area contributed by atoms with Crippen molar-refractivity contribution < 1.29 is 0 Å². The van der Waals surface area contributed by atoms with Crippen molar-refractivity contribution in [1.82, 2.24) is 19.1 Å². The molecule has 0 saturated carbocycles. The van der Waals surface area contributed by atoms with E-state index in [2.05, 4.69) is 215 Å². The Morgan fingerprint density at radius 3 is 1.30 bits per heavy atom. The first-order valence-corrected chi connectivity index (χ1v) is 20.4. The molecule has 0 fully saturated rings. The fourth-order valence-corrected chi connectivity index (χ4v) is 9.13. The van der Waals surface area contributed by atoms with Crippen LogP contribution in [-0.4, -0.2) is 19.1 Å². The van der Waals surface area contributed by atoms with Crippen LogP contribution in [0.3, 0.4) is 0 Å². The predicted molar refractivity (Wildman–Crippen MR) is 250 cm³/mol. The zero-order valence-electron chi connectivity index (χ0n) is 32.6. The Hall–Kier alpha value is -8.08. The topological polar surface area (TPSA) is 35.6 Å². The molecule has 0 saturated heterocycles. The van der Waals surface area contributed by atoms with Crippen LogP contribution in [0.25, 0.3) is 111 Å². The minimum absolute atomic E-state index is 0.695. The third-order valence-electron chi connectivity index (χ3n) is 11.9. The summed E-state index contributed by atoms with van der Waals surface area (Å²) in [4.78, 5) is 10.6. The Morgan fingerprint density at radius 2 is 0.733 bits per heavy atom. The maximum absolute atomic E-state index is 5.28. The Bertz CT molecular complexity index is 3530. The van der Waals surface area contributed by atoms with E-state index in [1.807, 2.05) is 12.1 Å². The Labute approximate surface area is 346 Å². The molecular formula is C56H36N4. The lowest BCUT2D eigenvalue weighted by Crippen LogP contribution is -1.99. The number of hydrogen-bond donors (Lipinski definition) is 0. The second kappa shape index (κ2) is 13.8. The van der Waals surface area contributed by atoms with Crippen molar-refractivity contribution >= 4 is 54.4 Å². The summed E-state index contributed by atoms with van der Waals surface area (Å²) >= 11 is 0. The van der Waals surface area contributed by atoms with E-state index in [-0.39, 0.29) is 0 Å². The molecule has 3 aromatic heterocycles. The molecule has 0 amide bonds. The molecule has 12 aromatic rings. The average Bonchev–Trinajstić information content (AvgIpc) is 3.84. The van der Waals surface area contributed by atoms with Crippen molar-refractivity contribution in [3.63, 3.8) is 0 Å². The second-order valence-electron chi connectivity index (χ2n) is 15.4. The molecule has 0 aliphatic heterocycles. The van der Waals surface area contributed by atoms with Gasteiger partial charge in [0.05, 0.1) is 33.5 Å². The molecule has 0 unspecified atom stereocenters. The van der Waals surface area contributed by atoms with E-state index in [9.17, 15) is 0 Å². The number of para-hydroxylation sites is 3. The van der Waals surface area contributed by atoms with Gasteiger partial charge in [-0.25, -0.2) is 9.97 Å². The van der Waals surface area contributed by atoms with Crippen molar-refractivity contribution in [1.29, 1.82) is 0 Å². The molecule has 60 heavy (non-hydrogen) atoms. The van der Waals surface area contributed by atoms with Crippen LogP contribution in [0.4, 0.5) is 0 Å². The molecule has 4 heteroatoms. The normalized spacial score (nSPS) is 11.7. The lowest BCUT2D eigenvalue weighted by atomic mass is 10.0. The number of nitrogens with zero attached hydrogens (tertiary/aromatic N) is 4. The van der Waals surface area contributed by atoms with Gasteiger partial charge >= 0.3 is 0 Å². The van der Waals surface area contributed by atoms with E-state index in [0.29, 0.717) is 5.82 Å². The third-order valence-corrected chi connectivity index (χ3v) is 11.9. The molecular weight excluding hydrogens is 729 g/mol. The number of hydrogen-bond acceptors (Lipinski definition) is 2. The fourth-order valence-electron chi connectivity index (χ4n) is 9.13. The zero-order chi connectivity index (χ0) is 39.6. The van der Waals surface area contributed by atoms with Crippen molar-refractivity contribution in [2.45, 2.75) is 0 Å². The Morgan fingerprint density at radius 1 is 0.283 bits per heavy atom. The fraction of sp³-hybridized carbons (Fsp3) is 0. The monoisotopic (exact) mass is 764 g/mol. The highest BCUT2D eigenvalue weighted by Crippen LogP contribution is 2.40. The SMILES string of the molecule is c1ccc(-c2cc(-c3ccccc3)nc(-c3cc(-n4c5ccccc5c5cc(-c6ccc7c(c6)c6ccccc6n7-c6ccccc6)ccc54)cc4ccccc34)n2)cc1. The minimum atomic E-state index is 0.695. The van der Waals surface area contributed by atoms with Crippen molar-refractivity contribution in [2.24, 2.45) is 0 Å². The molecule has 0 spiro atoms. The van der Waals surface area contributed by atoms with Crippen LogP contribution in [0.1, 0.15) is 0 Å². The van der Waals surface area contributed by atoms with E-state index < -0.39 is 0 Å². The highest BCUT2D eigenvalue weighted by Gasteiger charge is 2.19. The molecule has 4 nitrogen and oxygen atoms in total. The van der Waals surface area contributed by atoms with Crippen LogP contribution >= 0.6 is 0 Å². The van der Waals surface area contributed by atoms with Gasteiger partial charge in [-0.2, -0.15) is 0 Å². The van der Waals surface area contributed by atoms with Crippen LogP contribution in [0.2, 0.25) is 0 Å². The Kier molecular flexibility index (Phi) is 7.82. The molecule has 12 rings (SSSR count). The van der Waals surface area contributed by atoms with E-state index in [1.54, 1.807) is 0 Å². The highest BCUT2D eigenvalue weighted by atomic mass is 15.0. The molecule has 3 heterocycles. The van der Waals surface area contributed by atoms with Gasteiger partial charge in [0.15, 0.2) is 5.82 Å². The number of fused-ring (bicyclic) bond motifs is 7. The van der Waals surface area contributed by atoms with Gasteiger partial charge in [-0.1, -0.05) is 152 Å². The highest BCUT2D eigenvalue weighted by molar-refractivity contribution is 6.13. The van der Waals surface area contributed by atoms with E-state index in [0.717, 1.165) is 61.3 Å². The lowest BCUT2D eigenvalue weighted by molar-refractivity contribution is 1.16. The first-order valence-electron chi connectivity index (χ1n) is 20.4. The van der Waals surface area contributed by atoms with Crippen LogP contribution < -0.4 is 0 Å². The summed E-state index contributed by atoms with van der Waals surface area (Å²) in [5.74, 6) is 0.695. The van der Waals surface area contributed by atoms with Gasteiger partial charge in [0.2, 0.25) is 0 Å². The summed E-state index contributed by atoms with van der Waals surface area (Å²) in [5.41, 5.74) is 14.2. The summed E-state index contributed by atoms with van der Waals surface area (Å²) in [6.45, 7) is 0. The van der Waals surface area contributed by atoms with Gasteiger partial charge in [-0.3, -0.25) is 0 Å². The van der Waals surface area contributed by atoms with E-state index in [1.165, 1.54) is 43.7 Å². The van der Waals surface area contributed by atoms with Crippen LogP contribution in [0, 0.1) is 0 Å². The standard InChI is InChI=1S/C56H36N4/c1-4-16-37(17-5-1)50-36-51(38-18-6-2-7-19-38)58-56(57-50)49-35-43(32-41-20-10-11-23-44(41)49)60-53-27-15-13-25-46(53)48-34-40(29-31-55(48)60)39-28-30-54-47(33-39)45-24-12-14-26-52(45)59(54)42-21-8-3-9-22-42/h1-36H. The predicted octanol–water partition coefficient (Wildman–Crippen LogP) is 14.5. The minimum Gasteiger partial charge on any atom is -0.309 e. The quantitative estimate of drug-likeness (QED) is 0.169. The van der Waals surface area contributed by atoms with E-state index >= 15 is 0 Å². The van der Waals surface area contributed by atoms with Crippen molar-refractivity contribution in [3.05, 3.63) is 218 Å². The molecule has 280 valence electrons. The maximum Gasteiger partial charge on any atom is 0.161 e. The lowest BCUT2D eigenvalue weighted by Gasteiger charge is -2.15. The smallest absolute Gasteiger partial charge is 0.161 e. The average molecular weight is 765 g/mol.